The lowest BCUT2D eigenvalue weighted by Gasteiger charge is -2.13. The van der Waals surface area contributed by atoms with Gasteiger partial charge in [0.2, 0.25) is 0 Å². The molecule has 0 fully saturated rings. The summed E-state index contributed by atoms with van der Waals surface area (Å²) in [6.45, 7) is 1.91. The number of non-ortho nitro benzene ring substituents is 1. The van der Waals surface area contributed by atoms with Gasteiger partial charge in [-0.2, -0.15) is 5.10 Å². The first-order chi connectivity index (χ1) is 8.58. The lowest BCUT2D eigenvalue weighted by molar-refractivity contribution is -0.384. The smallest absolute Gasteiger partial charge is 0.270 e. The summed E-state index contributed by atoms with van der Waals surface area (Å²) in [5.74, 6) is 0.695. The van der Waals surface area contributed by atoms with Crippen molar-refractivity contribution < 1.29 is 4.92 Å². The number of nitro benzene ring substituents is 1. The Balaban J connectivity index is 2.17. The van der Waals surface area contributed by atoms with E-state index in [0.29, 0.717) is 10.3 Å². The fourth-order valence-corrected chi connectivity index (χ4v) is 1.94. The molecule has 1 atom stereocenters. The maximum absolute atomic E-state index is 10.6. The third-order valence-electron chi connectivity index (χ3n) is 2.38. The van der Waals surface area contributed by atoms with E-state index in [0.717, 1.165) is 5.69 Å². The summed E-state index contributed by atoms with van der Waals surface area (Å²) in [5, 5.41) is 20.3. The Morgan fingerprint density at radius 3 is 2.89 bits per heavy atom. The lowest BCUT2D eigenvalue weighted by atomic mass is 10.2. The number of nitrogens with one attached hydrogen (secondary N) is 2. The summed E-state index contributed by atoms with van der Waals surface area (Å²) in [7, 11) is 0. The van der Waals surface area contributed by atoms with Crippen molar-refractivity contribution in [3.8, 4) is 0 Å². The van der Waals surface area contributed by atoms with Crippen LogP contribution in [0.15, 0.2) is 29.0 Å². The van der Waals surface area contributed by atoms with Crippen molar-refractivity contribution in [3.05, 3.63) is 44.9 Å². The van der Waals surface area contributed by atoms with Crippen LogP contribution >= 0.6 is 15.9 Å². The van der Waals surface area contributed by atoms with Crippen LogP contribution in [0.5, 0.6) is 0 Å². The third-order valence-corrected chi connectivity index (χ3v) is 3.04. The second-order valence-electron chi connectivity index (χ2n) is 3.66. The molecule has 0 radical (unpaired) electrons. The van der Waals surface area contributed by atoms with Gasteiger partial charge in [-0.1, -0.05) is 0 Å². The minimum atomic E-state index is -0.436. The number of rotatable bonds is 4. The first kappa shape index (κ1) is 12.5. The lowest BCUT2D eigenvalue weighted by Crippen LogP contribution is -2.09. The zero-order valence-electron chi connectivity index (χ0n) is 9.42. The fourth-order valence-electron chi connectivity index (χ4n) is 1.46. The molecule has 8 heteroatoms. The maximum Gasteiger partial charge on any atom is 0.270 e. The molecule has 0 aliphatic carbocycles. The van der Waals surface area contributed by atoms with E-state index in [9.17, 15) is 10.1 Å². The molecule has 0 amide bonds. The van der Waals surface area contributed by atoms with Gasteiger partial charge in [0, 0.05) is 22.3 Å². The number of benzene rings is 1. The number of hydrogen-bond donors (Lipinski definition) is 2. The van der Waals surface area contributed by atoms with Gasteiger partial charge >= 0.3 is 0 Å². The average molecular weight is 312 g/mol. The first-order valence-corrected chi connectivity index (χ1v) is 5.93. The summed E-state index contributed by atoms with van der Waals surface area (Å²) in [4.78, 5) is 14.2. The molecule has 94 valence electrons. The Kier molecular flexibility index (Phi) is 3.56. The Hall–Kier alpha value is -1.96. The molecular weight excluding hydrogens is 302 g/mol. The predicted octanol–water partition coefficient (Wildman–Crippen LogP) is 2.65. The highest BCUT2D eigenvalue weighted by Crippen LogP contribution is 2.29. The molecule has 0 bridgehead atoms. The minimum Gasteiger partial charge on any atom is -0.374 e. The second-order valence-corrected chi connectivity index (χ2v) is 4.51. The molecule has 0 saturated heterocycles. The molecular formula is C10H10BrN5O2. The van der Waals surface area contributed by atoms with E-state index in [1.165, 1.54) is 18.5 Å². The van der Waals surface area contributed by atoms with Gasteiger partial charge in [-0.05, 0) is 28.9 Å². The summed E-state index contributed by atoms with van der Waals surface area (Å²) < 4.78 is 0.628. The number of aromatic nitrogens is 3. The highest BCUT2D eigenvalue weighted by atomic mass is 79.9. The molecule has 18 heavy (non-hydrogen) atoms. The van der Waals surface area contributed by atoms with Crippen molar-refractivity contribution in [1.82, 2.24) is 15.2 Å². The molecule has 0 saturated carbocycles. The van der Waals surface area contributed by atoms with E-state index < -0.39 is 4.92 Å². The second kappa shape index (κ2) is 5.13. The molecule has 1 aromatic carbocycles. The molecule has 2 rings (SSSR count). The molecule has 1 heterocycles. The van der Waals surface area contributed by atoms with Crippen molar-refractivity contribution in [2.75, 3.05) is 5.32 Å². The highest BCUT2D eigenvalue weighted by Gasteiger charge is 2.13. The SMILES string of the molecule is CC(Nc1ccc([N+](=O)[O-])cc1Br)c1ncn[nH]1. The van der Waals surface area contributed by atoms with Crippen LogP contribution in [0.3, 0.4) is 0 Å². The number of nitro groups is 1. The van der Waals surface area contributed by atoms with Crippen molar-refractivity contribution in [1.29, 1.82) is 0 Å². The molecule has 0 aliphatic heterocycles. The van der Waals surface area contributed by atoms with Gasteiger partial charge in [0.15, 0.2) is 0 Å². The first-order valence-electron chi connectivity index (χ1n) is 5.13. The monoisotopic (exact) mass is 311 g/mol. The van der Waals surface area contributed by atoms with Crippen molar-refractivity contribution >= 4 is 27.3 Å². The molecule has 2 N–H and O–H groups in total. The molecule has 1 unspecified atom stereocenters. The maximum atomic E-state index is 10.6. The Labute approximate surface area is 111 Å². The Morgan fingerprint density at radius 2 is 2.33 bits per heavy atom. The van der Waals surface area contributed by atoms with Crippen LogP contribution in [-0.2, 0) is 0 Å². The normalized spacial score (nSPS) is 12.1. The standard InChI is InChI=1S/C10H10BrN5O2/c1-6(10-12-5-13-15-10)14-9-3-2-7(16(17)18)4-8(9)11/h2-6,14H,1H3,(H,12,13,15). The highest BCUT2D eigenvalue weighted by molar-refractivity contribution is 9.10. The van der Waals surface area contributed by atoms with Gasteiger partial charge in [-0.15, -0.1) is 0 Å². The summed E-state index contributed by atoms with van der Waals surface area (Å²) in [6.07, 6.45) is 1.43. The largest absolute Gasteiger partial charge is 0.374 e. The third kappa shape index (κ3) is 2.65. The van der Waals surface area contributed by atoms with Crippen LogP contribution in [0.25, 0.3) is 0 Å². The number of halogens is 1. The van der Waals surface area contributed by atoms with E-state index >= 15 is 0 Å². The number of H-pyrrole nitrogens is 1. The number of nitrogens with zero attached hydrogens (tertiary/aromatic N) is 3. The van der Waals surface area contributed by atoms with E-state index in [1.54, 1.807) is 6.07 Å². The van der Waals surface area contributed by atoms with Gasteiger partial charge in [-0.3, -0.25) is 15.2 Å². The zero-order valence-corrected chi connectivity index (χ0v) is 11.0. The van der Waals surface area contributed by atoms with Gasteiger partial charge in [0.1, 0.15) is 12.2 Å². The number of hydrogen-bond acceptors (Lipinski definition) is 5. The zero-order chi connectivity index (χ0) is 13.1. The number of aromatic amines is 1. The van der Waals surface area contributed by atoms with Crippen molar-refractivity contribution in [2.24, 2.45) is 0 Å². The topological polar surface area (TPSA) is 96.7 Å². The van der Waals surface area contributed by atoms with E-state index in [4.69, 9.17) is 0 Å². The van der Waals surface area contributed by atoms with Crippen molar-refractivity contribution in [2.45, 2.75) is 13.0 Å². The molecule has 0 spiro atoms. The van der Waals surface area contributed by atoms with Gasteiger partial charge in [-0.25, -0.2) is 4.98 Å². The van der Waals surface area contributed by atoms with Crippen molar-refractivity contribution in [3.63, 3.8) is 0 Å². The van der Waals surface area contributed by atoms with E-state index in [2.05, 4.69) is 36.4 Å². The number of anilines is 1. The van der Waals surface area contributed by atoms with Crippen LogP contribution < -0.4 is 5.32 Å². The minimum absolute atomic E-state index is 0.0414. The molecule has 1 aromatic heterocycles. The van der Waals surface area contributed by atoms with E-state index in [-0.39, 0.29) is 11.7 Å². The molecule has 2 aromatic rings. The molecule has 0 aliphatic rings. The van der Waals surface area contributed by atoms with Crippen LogP contribution in [-0.4, -0.2) is 20.1 Å². The van der Waals surface area contributed by atoms with E-state index in [1.807, 2.05) is 6.92 Å². The predicted molar refractivity (Wildman–Crippen MR) is 69.2 cm³/mol. The Bertz CT molecular complexity index is 557. The van der Waals surface area contributed by atoms with Crippen LogP contribution in [0.4, 0.5) is 11.4 Å². The van der Waals surface area contributed by atoms with Crippen LogP contribution in [0.2, 0.25) is 0 Å². The van der Waals surface area contributed by atoms with Gasteiger partial charge < -0.3 is 5.32 Å². The Morgan fingerprint density at radius 1 is 1.56 bits per heavy atom. The summed E-state index contributed by atoms with van der Waals surface area (Å²) >= 11 is 3.29. The fraction of sp³-hybridized carbons (Fsp3) is 0.200. The average Bonchev–Trinajstić information content (AvgIpc) is 2.85. The van der Waals surface area contributed by atoms with Gasteiger partial charge in [0.05, 0.1) is 11.0 Å². The quantitative estimate of drug-likeness (QED) is 0.668. The van der Waals surface area contributed by atoms with Gasteiger partial charge in [0.25, 0.3) is 5.69 Å². The summed E-state index contributed by atoms with van der Waals surface area (Å²) in [5.41, 5.74) is 0.796. The summed E-state index contributed by atoms with van der Waals surface area (Å²) in [6, 6.07) is 4.47. The van der Waals surface area contributed by atoms with Crippen LogP contribution in [0.1, 0.15) is 18.8 Å². The molecule has 7 nitrogen and oxygen atoms in total. The van der Waals surface area contributed by atoms with Crippen LogP contribution in [0, 0.1) is 10.1 Å².